The number of carbonyl (C=O) groups is 1. The van der Waals surface area contributed by atoms with Gasteiger partial charge in [-0.15, -0.1) is 0 Å². The van der Waals surface area contributed by atoms with Crippen LogP contribution in [-0.2, 0) is 19.6 Å². The first-order valence-corrected chi connectivity index (χ1v) is 8.80. The van der Waals surface area contributed by atoms with Crippen LogP contribution in [0.5, 0.6) is 0 Å². The summed E-state index contributed by atoms with van der Waals surface area (Å²) in [4.78, 5) is 11.3. The molecule has 0 amide bonds. The Morgan fingerprint density at radius 1 is 1.35 bits per heavy atom. The molecule has 0 aromatic rings. The Morgan fingerprint density at radius 2 is 2.00 bits per heavy atom. The molecule has 2 saturated carbocycles. The maximum atomic E-state index is 12.0. The highest BCUT2D eigenvalue weighted by Gasteiger charge is 2.52. The number of aliphatic carboxylic acids is 1. The van der Waals surface area contributed by atoms with E-state index in [1.54, 1.807) is 0 Å². The molecule has 0 spiro atoms. The third kappa shape index (κ3) is 3.51. The molecular weight excluding hydrogens is 282 g/mol. The van der Waals surface area contributed by atoms with Crippen LogP contribution in [0, 0.1) is 17.8 Å². The second-order valence-corrected chi connectivity index (χ2v) is 7.95. The summed E-state index contributed by atoms with van der Waals surface area (Å²) in [6.45, 7) is 3.82. The highest BCUT2D eigenvalue weighted by molar-refractivity contribution is 7.89. The molecule has 2 fully saturated rings. The zero-order valence-electron chi connectivity index (χ0n) is 11.9. The van der Waals surface area contributed by atoms with Crippen LogP contribution in [0.25, 0.3) is 0 Å². The molecule has 2 aliphatic rings. The summed E-state index contributed by atoms with van der Waals surface area (Å²) in [7, 11) is -3.49. The number of ether oxygens (including phenoxy) is 1. The molecule has 2 bridgehead atoms. The number of sulfonamides is 1. The number of nitrogens with one attached hydrogen (secondary N) is 1. The van der Waals surface area contributed by atoms with Crippen molar-refractivity contribution in [1.82, 2.24) is 4.72 Å². The largest absolute Gasteiger partial charge is 0.481 e. The quantitative estimate of drug-likeness (QED) is 0.727. The van der Waals surface area contributed by atoms with Crippen LogP contribution in [0.15, 0.2) is 0 Å². The average molecular weight is 305 g/mol. The van der Waals surface area contributed by atoms with Gasteiger partial charge in [-0.2, -0.15) is 0 Å². The normalized spacial score (nSPS) is 33.0. The van der Waals surface area contributed by atoms with Gasteiger partial charge in [0.1, 0.15) is 0 Å². The molecule has 6 nitrogen and oxygen atoms in total. The first-order chi connectivity index (χ1) is 9.30. The van der Waals surface area contributed by atoms with Crippen molar-refractivity contribution in [2.45, 2.75) is 45.3 Å². The lowest BCUT2D eigenvalue weighted by molar-refractivity contribution is -0.144. The predicted molar refractivity (Wildman–Crippen MR) is 73.8 cm³/mol. The van der Waals surface area contributed by atoms with E-state index in [1.807, 2.05) is 13.8 Å². The number of carboxylic acid groups (broad SMARTS) is 1. The molecule has 2 aliphatic carbocycles. The minimum Gasteiger partial charge on any atom is -0.481 e. The van der Waals surface area contributed by atoms with E-state index in [-0.39, 0.29) is 30.3 Å². The fraction of sp³-hybridized carbons (Fsp3) is 0.923. The molecule has 20 heavy (non-hydrogen) atoms. The molecular formula is C13H23NO5S. The maximum absolute atomic E-state index is 12.0. The molecule has 4 atom stereocenters. The zero-order valence-corrected chi connectivity index (χ0v) is 12.7. The van der Waals surface area contributed by atoms with Gasteiger partial charge in [-0.25, -0.2) is 13.1 Å². The Kier molecular flexibility index (Phi) is 4.71. The van der Waals surface area contributed by atoms with Crippen molar-refractivity contribution >= 4 is 16.0 Å². The van der Waals surface area contributed by atoms with E-state index in [2.05, 4.69) is 4.72 Å². The zero-order chi connectivity index (χ0) is 14.9. The molecule has 116 valence electrons. The SMILES string of the molecule is CC(C)OCCS(=O)(=O)NC1C2CCC(C2)C1C(=O)O. The Bertz CT molecular complexity index is 461. The number of hydrogen-bond donors (Lipinski definition) is 2. The summed E-state index contributed by atoms with van der Waals surface area (Å²) in [5.74, 6) is -1.29. The molecule has 7 heteroatoms. The Morgan fingerprint density at radius 3 is 2.60 bits per heavy atom. The summed E-state index contributed by atoms with van der Waals surface area (Å²) in [6.07, 6.45) is 2.63. The van der Waals surface area contributed by atoms with E-state index in [0.29, 0.717) is 0 Å². The van der Waals surface area contributed by atoms with E-state index in [9.17, 15) is 18.3 Å². The third-order valence-corrected chi connectivity index (χ3v) is 5.66. The Hall–Kier alpha value is -0.660. The lowest BCUT2D eigenvalue weighted by Crippen LogP contribution is -2.47. The smallest absolute Gasteiger partial charge is 0.308 e. The summed E-state index contributed by atoms with van der Waals surface area (Å²) in [6, 6.07) is -0.449. The van der Waals surface area contributed by atoms with Crippen molar-refractivity contribution in [3.63, 3.8) is 0 Å². The van der Waals surface area contributed by atoms with E-state index >= 15 is 0 Å². The van der Waals surface area contributed by atoms with Crippen LogP contribution in [0.1, 0.15) is 33.1 Å². The highest BCUT2D eigenvalue weighted by Crippen LogP contribution is 2.48. The molecule has 2 rings (SSSR count). The highest BCUT2D eigenvalue weighted by atomic mass is 32.2. The monoisotopic (exact) mass is 305 g/mol. The first-order valence-electron chi connectivity index (χ1n) is 7.14. The summed E-state index contributed by atoms with van der Waals surface area (Å²) >= 11 is 0. The van der Waals surface area contributed by atoms with Crippen LogP contribution in [-0.4, -0.2) is 44.0 Å². The molecule has 0 radical (unpaired) electrons. The lowest BCUT2D eigenvalue weighted by atomic mass is 9.85. The van der Waals surface area contributed by atoms with Gasteiger partial charge in [0.15, 0.2) is 0 Å². The van der Waals surface area contributed by atoms with Gasteiger partial charge < -0.3 is 9.84 Å². The third-order valence-electron chi connectivity index (χ3n) is 4.32. The van der Waals surface area contributed by atoms with Crippen LogP contribution in [0.2, 0.25) is 0 Å². The van der Waals surface area contributed by atoms with Gasteiger partial charge >= 0.3 is 5.97 Å². The summed E-state index contributed by atoms with van der Waals surface area (Å²) in [5, 5.41) is 9.29. The van der Waals surface area contributed by atoms with Gasteiger partial charge in [-0.05, 0) is 44.9 Å². The number of carboxylic acids is 1. The van der Waals surface area contributed by atoms with Crippen molar-refractivity contribution < 1.29 is 23.1 Å². The van der Waals surface area contributed by atoms with Gasteiger partial charge in [-0.1, -0.05) is 0 Å². The molecule has 0 heterocycles. The summed E-state index contributed by atoms with van der Waals surface area (Å²) in [5.41, 5.74) is 0. The standard InChI is InChI=1S/C13H23NO5S/c1-8(2)19-5-6-20(17,18)14-12-10-4-3-9(7-10)11(12)13(15)16/h8-12,14H,3-7H2,1-2H3,(H,15,16). The van der Waals surface area contributed by atoms with Crippen molar-refractivity contribution in [3.05, 3.63) is 0 Å². The molecule has 0 aromatic heterocycles. The molecule has 0 aromatic carbocycles. The first kappa shape index (κ1) is 15.7. The van der Waals surface area contributed by atoms with Crippen molar-refractivity contribution in [2.24, 2.45) is 17.8 Å². The van der Waals surface area contributed by atoms with Gasteiger partial charge in [0.2, 0.25) is 10.0 Å². The minimum absolute atomic E-state index is 0.0144. The van der Waals surface area contributed by atoms with Gasteiger partial charge in [0.05, 0.1) is 24.4 Å². The molecule has 2 N–H and O–H groups in total. The number of hydrogen-bond acceptors (Lipinski definition) is 4. The van der Waals surface area contributed by atoms with Crippen LogP contribution in [0.4, 0.5) is 0 Å². The topological polar surface area (TPSA) is 92.7 Å². The van der Waals surface area contributed by atoms with Crippen molar-refractivity contribution in [3.8, 4) is 0 Å². The second-order valence-electron chi connectivity index (χ2n) is 6.08. The van der Waals surface area contributed by atoms with E-state index < -0.39 is 28.0 Å². The molecule has 0 aliphatic heterocycles. The second kappa shape index (κ2) is 5.99. The van der Waals surface area contributed by atoms with Gasteiger partial charge in [0.25, 0.3) is 0 Å². The number of fused-ring (bicyclic) bond motifs is 2. The average Bonchev–Trinajstić information content (AvgIpc) is 2.87. The Balaban J connectivity index is 1.96. The van der Waals surface area contributed by atoms with Crippen LogP contribution in [0.3, 0.4) is 0 Å². The van der Waals surface area contributed by atoms with Crippen molar-refractivity contribution in [2.75, 3.05) is 12.4 Å². The minimum atomic E-state index is -3.49. The van der Waals surface area contributed by atoms with Crippen LogP contribution >= 0.6 is 0 Å². The Labute approximate surface area is 119 Å². The van der Waals surface area contributed by atoms with E-state index in [0.717, 1.165) is 19.3 Å². The maximum Gasteiger partial charge on any atom is 0.308 e. The fourth-order valence-electron chi connectivity index (χ4n) is 3.48. The number of rotatable bonds is 7. The fourth-order valence-corrected chi connectivity index (χ4v) is 4.66. The summed E-state index contributed by atoms with van der Waals surface area (Å²) < 4.78 is 31.9. The van der Waals surface area contributed by atoms with Crippen molar-refractivity contribution in [1.29, 1.82) is 0 Å². The van der Waals surface area contributed by atoms with E-state index in [1.165, 1.54) is 0 Å². The van der Waals surface area contributed by atoms with E-state index in [4.69, 9.17) is 4.74 Å². The van der Waals surface area contributed by atoms with Gasteiger partial charge in [0, 0.05) is 6.04 Å². The lowest BCUT2D eigenvalue weighted by Gasteiger charge is -2.28. The predicted octanol–water partition coefficient (Wildman–Crippen LogP) is 0.830. The van der Waals surface area contributed by atoms with Gasteiger partial charge in [-0.3, -0.25) is 4.79 Å². The molecule has 4 unspecified atom stereocenters. The van der Waals surface area contributed by atoms with Crippen LogP contribution < -0.4 is 4.72 Å². The molecule has 0 saturated heterocycles.